The molecule has 2 aromatic carbocycles. The molecule has 2 atom stereocenters. The molecule has 0 fully saturated rings. The SMILES string of the molecule is CCCC/C=C(/C)C(=O)OCc1ccc([N+](=O)[O-])cc1[N+](=O)[O-].CCCCCCCC[S+]([O-])C(C)Cc1ccc2c(c1)OCO2. The predicted octanol–water partition coefficient (Wildman–Crippen LogP) is 8.14. The van der Waals surface area contributed by atoms with E-state index in [-0.39, 0.29) is 23.1 Å². The molecule has 0 aliphatic carbocycles. The number of unbranched alkanes of at least 4 members (excludes halogenated alkanes) is 7. The molecule has 0 N–H and O–H groups in total. The summed E-state index contributed by atoms with van der Waals surface area (Å²) in [6, 6.07) is 9.22. The largest absolute Gasteiger partial charge is 0.616 e. The van der Waals surface area contributed by atoms with Crippen LogP contribution in [0.3, 0.4) is 0 Å². The molecule has 11 nitrogen and oxygen atoms in total. The Balaban J connectivity index is 0.000000314. The van der Waals surface area contributed by atoms with Crippen LogP contribution >= 0.6 is 0 Å². The Bertz CT molecular complexity index is 1280. The molecule has 2 unspecified atom stereocenters. The van der Waals surface area contributed by atoms with Crippen molar-refractivity contribution in [3.05, 3.63) is 79.4 Å². The van der Waals surface area contributed by atoms with E-state index >= 15 is 0 Å². The lowest BCUT2D eigenvalue weighted by molar-refractivity contribution is -0.394. The minimum atomic E-state index is -0.743. The molecule has 45 heavy (non-hydrogen) atoms. The first-order chi connectivity index (χ1) is 21.6. The third kappa shape index (κ3) is 13.5. The first-order valence-electron chi connectivity index (χ1n) is 15.6. The molecule has 0 amide bonds. The second-order valence-corrected chi connectivity index (χ2v) is 13.0. The maximum atomic E-state index is 12.3. The standard InChI is InChI=1S/C18H28O3S.C15H18N2O6/c1-3-4-5-6-7-8-11-22(19)15(2)12-16-9-10-17-18(13-16)21-14-20-17;1-3-4-5-6-11(2)15(18)23-10-12-7-8-13(16(19)20)9-14(12)17(21)22/h9-10,13,15H,3-8,11-12,14H2,1-2H3;6-9H,3-5,10H2,1-2H3/b;11-6-. The first kappa shape index (κ1) is 37.5. The van der Waals surface area contributed by atoms with Crippen LogP contribution in [0.5, 0.6) is 11.5 Å². The van der Waals surface area contributed by atoms with Crippen LogP contribution in [-0.2, 0) is 33.7 Å². The highest BCUT2D eigenvalue weighted by atomic mass is 32.2. The number of fused-ring (bicyclic) bond motifs is 1. The number of nitro groups is 2. The Morgan fingerprint density at radius 2 is 1.64 bits per heavy atom. The molecule has 0 saturated heterocycles. The Labute approximate surface area is 268 Å². The number of nitro benzene ring substituents is 2. The van der Waals surface area contributed by atoms with Gasteiger partial charge >= 0.3 is 5.97 Å². The van der Waals surface area contributed by atoms with Gasteiger partial charge in [0.1, 0.15) is 17.6 Å². The van der Waals surface area contributed by atoms with Crippen molar-refractivity contribution in [2.24, 2.45) is 0 Å². The van der Waals surface area contributed by atoms with Crippen LogP contribution in [0.4, 0.5) is 11.4 Å². The van der Waals surface area contributed by atoms with E-state index in [0.717, 1.165) is 61.5 Å². The minimum Gasteiger partial charge on any atom is -0.616 e. The number of carbonyl (C=O) groups is 1. The zero-order valence-electron chi connectivity index (χ0n) is 26.8. The molecular formula is C33H46N2O9S. The van der Waals surface area contributed by atoms with Crippen molar-refractivity contribution in [1.29, 1.82) is 0 Å². The summed E-state index contributed by atoms with van der Waals surface area (Å²) in [5.74, 6) is 1.89. The monoisotopic (exact) mass is 646 g/mol. The zero-order valence-corrected chi connectivity index (χ0v) is 27.6. The maximum Gasteiger partial charge on any atom is 0.333 e. The van der Waals surface area contributed by atoms with Crippen LogP contribution in [0.1, 0.15) is 96.6 Å². The van der Waals surface area contributed by atoms with Crippen LogP contribution in [0.15, 0.2) is 48.0 Å². The first-order valence-corrected chi connectivity index (χ1v) is 17.0. The van der Waals surface area contributed by atoms with E-state index < -0.39 is 32.7 Å². The number of hydrogen-bond donors (Lipinski definition) is 0. The summed E-state index contributed by atoms with van der Waals surface area (Å²) in [7, 11) is 0. The average molecular weight is 647 g/mol. The van der Waals surface area contributed by atoms with Crippen molar-refractivity contribution in [1.82, 2.24) is 0 Å². The molecule has 248 valence electrons. The lowest BCUT2D eigenvalue weighted by Crippen LogP contribution is -2.23. The Morgan fingerprint density at radius 3 is 2.33 bits per heavy atom. The predicted molar refractivity (Wildman–Crippen MR) is 175 cm³/mol. The highest BCUT2D eigenvalue weighted by Crippen LogP contribution is 2.33. The lowest BCUT2D eigenvalue weighted by Gasteiger charge is -2.18. The summed E-state index contributed by atoms with van der Waals surface area (Å²) < 4.78 is 28.1. The van der Waals surface area contributed by atoms with Gasteiger partial charge in [0.15, 0.2) is 11.5 Å². The van der Waals surface area contributed by atoms with Crippen molar-refractivity contribution < 1.29 is 33.4 Å². The van der Waals surface area contributed by atoms with E-state index in [4.69, 9.17) is 14.2 Å². The molecule has 0 aromatic heterocycles. The minimum absolute atomic E-state index is 0.107. The molecule has 1 aliphatic rings. The van der Waals surface area contributed by atoms with Crippen molar-refractivity contribution >= 4 is 28.5 Å². The number of benzene rings is 2. The number of esters is 1. The van der Waals surface area contributed by atoms with Crippen molar-refractivity contribution in [3.8, 4) is 11.5 Å². The van der Waals surface area contributed by atoms with Gasteiger partial charge in [0.25, 0.3) is 11.4 Å². The van der Waals surface area contributed by atoms with Crippen LogP contribution in [0.2, 0.25) is 0 Å². The number of non-ortho nitro benzene ring substituents is 1. The van der Waals surface area contributed by atoms with Gasteiger partial charge in [0.05, 0.1) is 21.5 Å². The summed E-state index contributed by atoms with van der Waals surface area (Å²) >= 11 is -0.743. The molecule has 1 aliphatic heterocycles. The normalized spacial score (nSPS) is 13.4. The Kier molecular flexibility index (Phi) is 17.0. The third-order valence-electron chi connectivity index (χ3n) is 7.27. The number of carbonyl (C=O) groups excluding carboxylic acids is 1. The highest BCUT2D eigenvalue weighted by molar-refractivity contribution is 7.91. The number of hydrogen-bond acceptors (Lipinski definition) is 9. The fourth-order valence-electron chi connectivity index (χ4n) is 4.54. The summed E-state index contributed by atoms with van der Waals surface area (Å²) in [4.78, 5) is 32.0. The molecule has 0 saturated carbocycles. The number of nitrogens with zero attached hydrogens (tertiary/aromatic N) is 2. The third-order valence-corrected chi connectivity index (χ3v) is 9.03. The van der Waals surface area contributed by atoms with Gasteiger partial charge in [-0.3, -0.25) is 20.2 Å². The van der Waals surface area contributed by atoms with E-state index in [9.17, 15) is 29.6 Å². The second kappa shape index (κ2) is 20.4. The molecule has 12 heteroatoms. The van der Waals surface area contributed by atoms with Crippen LogP contribution in [0, 0.1) is 20.2 Å². The fourth-order valence-corrected chi connectivity index (χ4v) is 5.81. The van der Waals surface area contributed by atoms with Crippen molar-refractivity contribution in [2.75, 3.05) is 12.5 Å². The Hall–Kier alpha value is -3.64. The van der Waals surface area contributed by atoms with E-state index in [0.29, 0.717) is 12.4 Å². The van der Waals surface area contributed by atoms with Gasteiger partial charge in [-0.15, -0.1) is 0 Å². The molecule has 0 spiro atoms. The number of allylic oxidation sites excluding steroid dienone is 1. The summed E-state index contributed by atoms with van der Waals surface area (Å²) in [6.07, 6.45) is 12.8. The zero-order chi connectivity index (χ0) is 33.2. The van der Waals surface area contributed by atoms with Gasteiger partial charge in [-0.2, -0.15) is 0 Å². The van der Waals surface area contributed by atoms with E-state index in [1.165, 1.54) is 43.7 Å². The Morgan fingerprint density at radius 1 is 0.956 bits per heavy atom. The maximum absolute atomic E-state index is 12.3. The van der Waals surface area contributed by atoms with Crippen molar-refractivity contribution in [3.63, 3.8) is 0 Å². The molecule has 0 bridgehead atoms. The number of rotatable bonds is 18. The van der Waals surface area contributed by atoms with Gasteiger partial charge in [-0.05, 0) is 56.9 Å². The van der Waals surface area contributed by atoms with E-state index in [1.54, 1.807) is 13.0 Å². The second-order valence-electron chi connectivity index (χ2n) is 11.0. The van der Waals surface area contributed by atoms with Gasteiger partial charge in [-0.25, -0.2) is 4.79 Å². The van der Waals surface area contributed by atoms with Gasteiger partial charge in [0, 0.05) is 18.1 Å². The van der Waals surface area contributed by atoms with Gasteiger partial charge in [0.2, 0.25) is 6.79 Å². The molecule has 1 heterocycles. The van der Waals surface area contributed by atoms with Gasteiger partial charge < -0.3 is 18.8 Å². The van der Waals surface area contributed by atoms with Crippen LogP contribution in [0.25, 0.3) is 0 Å². The van der Waals surface area contributed by atoms with E-state index in [2.05, 4.69) is 13.8 Å². The van der Waals surface area contributed by atoms with Gasteiger partial charge in [-0.1, -0.05) is 75.7 Å². The lowest BCUT2D eigenvalue weighted by atomic mass is 10.1. The van der Waals surface area contributed by atoms with Crippen LogP contribution in [-0.4, -0.2) is 38.2 Å². The molecule has 0 radical (unpaired) electrons. The summed E-state index contributed by atoms with van der Waals surface area (Å²) in [5.41, 5.74) is 0.883. The average Bonchev–Trinajstić information content (AvgIpc) is 3.49. The summed E-state index contributed by atoms with van der Waals surface area (Å²) in [5, 5.41) is 21.8. The topological polar surface area (TPSA) is 154 Å². The highest BCUT2D eigenvalue weighted by Gasteiger charge is 2.21. The van der Waals surface area contributed by atoms with Crippen LogP contribution < -0.4 is 9.47 Å². The fraction of sp³-hybridized carbons (Fsp3) is 0.545. The molecule has 2 aromatic rings. The quantitative estimate of drug-likeness (QED) is 0.0390. The number of ether oxygens (including phenoxy) is 3. The van der Waals surface area contributed by atoms with Crippen molar-refractivity contribution in [2.45, 2.75) is 104 Å². The smallest absolute Gasteiger partial charge is 0.333 e. The molecule has 3 rings (SSSR count). The van der Waals surface area contributed by atoms with E-state index in [1.807, 2.05) is 25.1 Å². The molecular weight excluding hydrogens is 600 g/mol. The summed E-state index contributed by atoms with van der Waals surface area (Å²) in [6.45, 7) is 7.95.